The van der Waals surface area contributed by atoms with Crippen LogP contribution < -0.4 is 10.5 Å². The van der Waals surface area contributed by atoms with E-state index in [2.05, 4.69) is 4.98 Å². The lowest BCUT2D eigenvalue weighted by Gasteiger charge is -2.08. The average Bonchev–Trinajstić information content (AvgIpc) is 2.41. The van der Waals surface area contributed by atoms with E-state index in [9.17, 15) is 10.1 Å². The maximum atomic E-state index is 11.0. The van der Waals surface area contributed by atoms with Gasteiger partial charge in [0.05, 0.1) is 4.92 Å². The summed E-state index contributed by atoms with van der Waals surface area (Å²) in [5, 5.41) is 11.0. The number of nitrogens with two attached hydrogens (primary N) is 1. The van der Waals surface area contributed by atoms with Crippen LogP contribution in [0.25, 0.3) is 6.08 Å². The van der Waals surface area contributed by atoms with Crippen molar-refractivity contribution in [2.45, 2.75) is 6.92 Å². The zero-order chi connectivity index (χ0) is 14.5. The molecule has 0 aliphatic rings. The fourth-order valence-electron chi connectivity index (χ4n) is 1.66. The lowest BCUT2D eigenvalue weighted by atomic mass is 10.2. The van der Waals surface area contributed by atoms with Gasteiger partial charge in [-0.2, -0.15) is 4.98 Å². The summed E-state index contributed by atoms with van der Waals surface area (Å²) < 4.78 is 5.55. The molecule has 0 saturated carbocycles. The van der Waals surface area contributed by atoms with Crippen molar-refractivity contribution in [1.29, 1.82) is 0 Å². The maximum absolute atomic E-state index is 11.0. The van der Waals surface area contributed by atoms with E-state index in [1.165, 1.54) is 12.1 Å². The number of nitrogen functional groups attached to an aromatic ring is 1. The molecule has 6 nitrogen and oxygen atoms in total. The van der Waals surface area contributed by atoms with Crippen LogP contribution in [0.4, 0.5) is 11.5 Å². The Kier molecular flexibility index (Phi) is 3.95. The first-order valence-electron chi connectivity index (χ1n) is 5.92. The number of anilines is 1. The van der Waals surface area contributed by atoms with Gasteiger partial charge in [0.2, 0.25) is 0 Å². The van der Waals surface area contributed by atoms with Crippen LogP contribution in [0.2, 0.25) is 0 Å². The van der Waals surface area contributed by atoms with Crippen molar-refractivity contribution in [1.82, 2.24) is 4.98 Å². The van der Waals surface area contributed by atoms with E-state index >= 15 is 0 Å². The van der Waals surface area contributed by atoms with Gasteiger partial charge in [0.25, 0.3) is 0 Å². The van der Waals surface area contributed by atoms with E-state index in [1.54, 1.807) is 12.1 Å². The van der Waals surface area contributed by atoms with E-state index in [-0.39, 0.29) is 17.4 Å². The number of para-hydroxylation sites is 1. The van der Waals surface area contributed by atoms with Gasteiger partial charge in [0, 0.05) is 11.6 Å². The van der Waals surface area contributed by atoms with Crippen LogP contribution in [-0.2, 0) is 0 Å². The van der Waals surface area contributed by atoms with Gasteiger partial charge in [-0.15, -0.1) is 0 Å². The fourth-order valence-corrected chi connectivity index (χ4v) is 1.66. The Labute approximate surface area is 115 Å². The predicted molar refractivity (Wildman–Crippen MR) is 76.5 cm³/mol. The van der Waals surface area contributed by atoms with Crippen molar-refractivity contribution in [2.75, 3.05) is 5.73 Å². The van der Waals surface area contributed by atoms with Crippen LogP contribution >= 0.6 is 0 Å². The molecule has 0 bridgehead atoms. The summed E-state index contributed by atoms with van der Waals surface area (Å²) in [7, 11) is 0. The second-order valence-electron chi connectivity index (χ2n) is 3.96. The molecule has 0 atom stereocenters. The molecule has 0 aliphatic heterocycles. The minimum atomic E-state index is -0.556. The molecule has 102 valence electrons. The van der Waals surface area contributed by atoms with E-state index in [0.29, 0.717) is 5.75 Å². The minimum Gasteiger partial charge on any atom is -0.433 e. The van der Waals surface area contributed by atoms with E-state index in [4.69, 9.17) is 10.5 Å². The molecule has 6 heteroatoms. The summed E-state index contributed by atoms with van der Waals surface area (Å²) in [6, 6.07) is 9.82. The number of aromatic nitrogens is 1. The Balaban J connectivity index is 2.44. The molecule has 0 unspecified atom stereocenters. The molecule has 2 N–H and O–H groups in total. The molecule has 0 amide bonds. The SMILES string of the molecule is C/C=C/c1ccccc1Oc1nc(N)ccc1[N+](=O)[O-]. The van der Waals surface area contributed by atoms with Crippen molar-refractivity contribution in [3.8, 4) is 11.6 Å². The highest BCUT2D eigenvalue weighted by molar-refractivity contribution is 5.58. The molecule has 2 aromatic rings. The molecule has 20 heavy (non-hydrogen) atoms. The van der Waals surface area contributed by atoms with Gasteiger partial charge >= 0.3 is 11.6 Å². The first-order valence-corrected chi connectivity index (χ1v) is 5.92. The fraction of sp³-hybridized carbons (Fsp3) is 0.0714. The number of benzene rings is 1. The summed E-state index contributed by atoms with van der Waals surface area (Å²) >= 11 is 0. The zero-order valence-corrected chi connectivity index (χ0v) is 10.8. The van der Waals surface area contributed by atoms with Crippen LogP contribution in [0.5, 0.6) is 11.6 Å². The van der Waals surface area contributed by atoms with E-state index in [0.717, 1.165) is 5.56 Å². The number of pyridine rings is 1. The predicted octanol–water partition coefficient (Wildman–Crippen LogP) is 3.40. The van der Waals surface area contributed by atoms with E-state index in [1.807, 2.05) is 31.2 Å². The summed E-state index contributed by atoms with van der Waals surface area (Å²) in [6.45, 7) is 1.87. The van der Waals surface area contributed by atoms with Gasteiger partial charge in [-0.3, -0.25) is 10.1 Å². The lowest BCUT2D eigenvalue weighted by molar-refractivity contribution is -0.386. The summed E-state index contributed by atoms with van der Waals surface area (Å²) in [5.74, 6) is 0.521. The number of hydrogen-bond donors (Lipinski definition) is 1. The number of nitro groups is 1. The quantitative estimate of drug-likeness (QED) is 0.679. The van der Waals surface area contributed by atoms with Gasteiger partial charge in [0.15, 0.2) is 0 Å². The van der Waals surface area contributed by atoms with Crippen molar-refractivity contribution < 1.29 is 9.66 Å². The third-order valence-corrected chi connectivity index (χ3v) is 2.53. The number of ether oxygens (including phenoxy) is 1. The molecular formula is C14H13N3O3. The van der Waals surface area contributed by atoms with Crippen LogP contribution in [0.3, 0.4) is 0 Å². The Morgan fingerprint density at radius 1 is 1.30 bits per heavy atom. The number of rotatable bonds is 4. The highest BCUT2D eigenvalue weighted by Gasteiger charge is 2.18. The third-order valence-electron chi connectivity index (χ3n) is 2.53. The van der Waals surface area contributed by atoms with Gasteiger partial charge in [-0.25, -0.2) is 0 Å². The topological polar surface area (TPSA) is 91.3 Å². The number of nitrogens with zero attached hydrogens (tertiary/aromatic N) is 2. The standard InChI is InChI=1S/C14H13N3O3/c1-2-5-10-6-3-4-7-12(10)20-14-11(17(18)19)8-9-13(15)16-14/h2-9H,1H3,(H2,15,16)/b5-2+. The van der Waals surface area contributed by atoms with Gasteiger partial charge in [-0.05, 0) is 19.1 Å². The van der Waals surface area contributed by atoms with Crippen LogP contribution in [0.15, 0.2) is 42.5 Å². The Morgan fingerprint density at radius 3 is 2.75 bits per heavy atom. The number of allylic oxidation sites excluding steroid dienone is 1. The largest absolute Gasteiger partial charge is 0.433 e. The normalized spacial score (nSPS) is 10.7. The Morgan fingerprint density at radius 2 is 2.05 bits per heavy atom. The molecule has 2 rings (SSSR count). The first-order chi connectivity index (χ1) is 9.61. The molecule has 0 aliphatic carbocycles. The molecular weight excluding hydrogens is 258 g/mol. The van der Waals surface area contributed by atoms with Crippen molar-refractivity contribution in [2.24, 2.45) is 0 Å². The monoisotopic (exact) mass is 271 g/mol. The molecule has 1 aromatic heterocycles. The van der Waals surface area contributed by atoms with E-state index < -0.39 is 4.92 Å². The summed E-state index contributed by atoms with van der Waals surface area (Å²) in [6.07, 6.45) is 3.69. The number of hydrogen-bond acceptors (Lipinski definition) is 5. The summed E-state index contributed by atoms with van der Waals surface area (Å²) in [5.41, 5.74) is 6.12. The Hall–Kier alpha value is -2.89. The van der Waals surface area contributed by atoms with Crippen molar-refractivity contribution in [3.63, 3.8) is 0 Å². The first kappa shape index (κ1) is 13.5. The highest BCUT2D eigenvalue weighted by Crippen LogP contribution is 2.32. The van der Waals surface area contributed by atoms with Crippen LogP contribution in [-0.4, -0.2) is 9.91 Å². The van der Waals surface area contributed by atoms with Crippen molar-refractivity contribution in [3.05, 3.63) is 58.2 Å². The second-order valence-corrected chi connectivity index (χ2v) is 3.96. The summed E-state index contributed by atoms with van der Waals surface area (Å²) in [4.78, 5) is 14.3. The zero-order valence-electron chi connectivity index (χ0n) is 10.8. The van der Waals surface area contributed by atoms with Crippen LogP contribution in [0.1, 0.15) is 12.5 Å². The third kappa shape index (κ3) is 2.92. The van der Waals surface area contributed by atoms with Gasteiger partial charge < -0.3 is 10.5 Å². The maximum Gasteiger partial charge on any atom is 0.331 e. The highest BCUT2D eigenvalue weighted by atomic mass is 16.6. The van der Waals surface area contributed by atoms with Crippen molar-refractivity contribution >= 4 is 17.6 Å². The van der Waals surface area contributed by atoms with Crippen LogP contribution in [0, 0.1) is 10.1 Å². The molecule has 0 fully saturated rings. The second kappa shape index (κ2) is 5.83. The molecule has 0 spiro atoms. The smallest absolute Gasteiger partial charge is 0.331 e. The van der Waals surface area contributed by atoms with Gasteiger partial charge in [0.1, 0.15) is 11.6 Å². The molecule has 1 heterocycles. The lowest BCUT2D eigenvalue weighted by Crippen LogP contribution is -1.99. The Bertz CT molecular complexity index is 668. The minimum absolute atomic E-state index is 0.119. The molecule has 0 saturated heterocycles. The van der Waals surface area contributed by atoms with Gasteiger partial charge in [-0.1, -0.05) is 30.4 Å². The average molecular weight is 271 g/mol. The molecule has 1 aromatic carbocycles. The molecule has 0 radical (unpaired) electrons.